The van der Waals surface area contributed by atoms with E-state index in [0.717, 1.165) is 25.2 Å². The van der Waals surface area contributed by atoms with Crippen LogP contribution in [0.3, 0.4) is 0 Å². The van der Waals surface area contributed by atoms with E-state index in [1.54, 1.807) is 12.1 Å². The molecule has 2 aliphatic heterocycles. The van der Waals surface area contributed by atoms with Gasteiger partial charge in [0.2, 0.25) is 6.79 Å². The highest BCUT2D eigenvalue weighted by molar-refractivity contribution is 6.32. The second-order valence-corrected chi connectivity index (χ2v) is 8.05. The minimum atomic E-state index is -0.203. The molecular formula is C22H25ClN2O4. The van der Waals surface area contributed by atoms with E-state index in [9.17, 15) is 4.79 Å². The van der Waals surface area contributed by atoms with Gasteiger partial charge in [0, 0.05) is 31.7 Å². The first-order chi connectivity index (χ1) is 14.0. The highest BCUT2D eigenvalue weighted by Crippen LogP contribution is 2.39. The van der Waals surface area contributed by atoms with Crippen molar-refractivity contribution in [1.29, 1.82) is 0 Å². The molecule has 29 heavy (non-hydrogen) atoms. The third-order valence-corrected chi connectivity index (χ3v) is 5.35. The topological polar surface area (TPSA) is 60.0 Å². The SMILES string of the molecule is CC1CN(Cc2ccc(CNC(=O)c3cc(Cl)c4c(c3)OCO4)cc2)CC(C)O1. The van der Waals surface area contributed by atoms with Crippen molar-refractivity contribution in [2.75, 3.05) is 19.9 Å². The Morgan fingerprint density at radius 3 is 2.52 bits per heavy atom. The number of halogens is 1. The molecule has 7 heteroatoms. The Morgan fingerprint density at radius 1 is 1.10 bits per heavy atom. The molecule has 0 saturated carbocycles. The minimum Gasteiger partial charge on any atom is -0.454 e. The molecule has 154 valence electrons. The molecule has 2 unspecified atom stereocenters. The summed E-state index contributed by atoms with van der Waals surface area (Å²) in [5.74, 6) is 0.784. The lowest BCUT2D eigenvalue weighted by Crippen LogP contribution is -2.44. The molecule has 1 N–H and O–H groups in total. The van der Waals surface area contributed by atoms with Gasteiger partial charge in [-0.15, -0.1) is 0 Å². The molecule has 0 aliphatic carbocycles. The number of hydrogen-bond acceptors (Lipinski definition) is 5. The molecule has 1 saturated heterocycles. The van der Waals surface area contributed by atoms with E-state index in [1.165, 1.54) is 5.56 Å². The summed E-state index contributed by atoms with van der Waals surface area (Å²) in [7, 11) is 0. The van der Waals surface area contributed by atoms with E-state index >= 15 is 0 Å². The summed E-state index contributed by atoms with van der Waals surface area (Å²) in [5.41, 5.74) is 2.74. The van der Waals surface area contributed by atoms with Crippen LogP contribution >= 0.6 is 11.6 Å². The van der Waals surface area contributed by atoms with Crippen molar-refractivity contribution in [2.45, 2.75) is 39.1 Å². The molecule has 2 heterocycles. The van der Waals surface area contributed by atoms with E-state index in [-0.39, 0.29) is 24.9 Å². The molecule has 2 atom stereocenters. The molecule has 1 fully saturated rings. The van der Waals surface area contributed by atoms with Crippen molar-refractivity contribution in [3.8, 4) is 11.5 Å². The van der Waals surface area contributed by atoms with Crippen molar-refractivity contribution in [1.82, 2.24) is 10.2 Å². The highest BCUT2D eigenvalue weighted by atomic mass is 35.5. The summed E-state index contributed by atoms with van der Waals surface area (Å²) in [4.78, 5) is 14.9. The van der Waals surface area contributed by atoms with Gasteiger partial charge in [-0.1, -0.05) is 35.9 Å². The number of fused-ring (bicyclic) bond motifs is 1. The van der Waals surface area contributed by atoms with Gasteiger partial charge < -0.3 is 19.5 Å². The first-order valence-corrected chi connectivity index (χ1v) is 10.2. The Balaban J connectivity index is 1.32. The maximum Gasteiger partial charge on any atom is 0.251 e. The first kappa shape index (κ1) is 20.0. The van der Waals surface area contributed by atoms with E-state index in [0.29, 0.717) is 28.6 Å². The summed E-state index contributed by atoms with van der Waals surface area (Å²) >= 11 is 6.15. The molecule has 0 bridgehead atoms. The van der Waals surface area contributed by atoms with Gasteiger partial charge in [-0.25, -0.2) is 0 Å². The second kappa shape index (κ2) is 8.61. The minimum absolute atomic E-state index is 0.120. The zero-order chi connectivity index (χ0) is 20.4. The van der Waals surface area contributed by atoms with Crippen LogP contribution in [0.1, 0.15) is 35.3 Å². The molecule has 2 aliphatic rings. The summed E-state index contributed by atoms with van der Waals surface area (Å²) in [6, 6.07) is 11.6. The number of hydrogen-bond donors (Lipinski definition) is 1. The van der Waals surface area contributed by atoms with Crippen LogP contribution in [0.5, 0.6) is 11.5 Å². The zero-order valence-electron chi connectivity index (χ0n) is 16.6. The third-order valence-electron chi connectivity index (χ3n) is 5.07. The predicted octanol–water partition coefficient (Wildman–Crippen LogP) is 3.61. The molecule has 2 aromatic carbocycles. The van der Waals surface area contributed by atoms with Crippen LogP contribution in [0.2, 0.25) is 5.02 Å². The Bertz CT molecular complexity index is 877. The van der Waals surface area contributed by atoms with E-state index in [4.69, 9.17) is 25.8 Å². The van der Waals surface area contributed by atoms with Crippen LogP contribution in [0.25, 0.3) is 0 Å². The van der Waals surface area contributed by atoms with Gasteiger partial charge in [0.05, 0.1) is 17.2 Å². The van der Waals surface area contributed by atoms with Crippen LogP contribution in [0, 0.1) is 0 Å². The Kier molecular flexibility index (Phi) is 5.94. The van der Waals surface area contributed by atoms with Gasteiger partial charge in [-0.2, -0.15) is 0 Å². The standard InChI is InChI=1S/C22H25ClN2O4/c1-14-10-25(11-15(2)29-14)12-17-5-3-16(4-6-17)9-24-22(26)18-7-19(23)21-20(8-18)27-13-28-21/h3-8,14-15H,9-13H2,1-2H3,(H,24,26). The maximum atomic E-state index is 12.5. The van der Waals surface area contributed by atoms with Crippen LogP contribution in [0.4, 0.5) is 0 Å². The number of ether oxygens (including phenoxy) is 3. The lowest BCUT2D eigenvalue weighted by Gasteiger charge is -2.35. The molecule has 0 spiro atoms. The van der Waals surface area contributed by atoms with Crippen molar-refractivity contribution in [3.05, 3.63) is 58.1 Å². The van der Waals surface area contributed by atoms with Crippen LogP contribution < -0.4 is 14.8 Å². The van der Waals surface area contributed by atoms with Crippen molar-refractivity contribution < 1.29 is 19.0 Å². The lowest BCUT2D eigenvalue weighted by atomic mass is 10.1. The fourth-order valence-corrected chi connectivity index (χ4v) is 4.08. The van der Waals surface area contributed by atoms with Gasteiger partial charge >= 0.3 is 0 Å². The zero-order valence-corrected chi connectivity index (χ0v) is 17.4. The van der Waals surface area contributed by atoms with Crippen molar-refractivity contribution in [2.24, 2.45) is 0 Å². The quantitative estimate of drug-likeness (QED) is 0.806. The smallest absolute Gasteiger partial charge is 0.251 e. The number of rotatable bonds is 5. The average Bonchev–Trinajstić information content (AvgIpc) is 3.16. The fourth-order valence-electron chi connectivity index (χ4n) is 3.82. The van der Waals surface area contributed by atoms with E-state index < -0.39 is 0 Å². The van der Waals surface area contributed by atoms with Gasteiger partial charge in [-0.3, -0.25) is 9.69 Å². The molecule has 6 nitrogen and oxygen atoms in total. The maximum absolute atomic E-state index is 12.5. The third kappa shape index (κ3) is 4.83. The van der Waals surface area contributed by atoms with Crippen molar-refractivity contribution in [3.63, 3.8) is 0 Å². The summed E-state index contributed by atoms with van der Waals surface area (Å²) in [6.07, 6.45) is 0.524. The van der Waals surface area contributed by atoms with E-state index in [1.807, 2.05) is 0 Å². The van der Waals surface area contributed by atoms with Gasteiger partial charge in [0.25, 0.3) is 5.91 Å². The second-order valence-electron chi connectivity index (χ2n) is 7.64. The normalized spacial score (nSPS) is 21.2. The highest BCUT2D eigenvalue weighted by Gasteiger charge is 2.22. The number of morpholine rings is 1. The molecular weight excluding hydrogens is 392 g/mol. The van der Waals surface area contributed by atoms with Crippen LogP contribution in [0.15, 0.2) is 36.4 Å². The monoisotopic (exact) mass is 416 g/mol. The molecule has 0 radical (unpaired) electrons. The van der Waals surface area contributed by atoms with Gasteiger partial charge in [-0.05, 0) is 37.1 Å². The van der Waals surface area contributed by atoms with Gasteiger partial charge in [0.15, 0.2) is 11.5 Å². The molecule has 0 aromatic heterocycles. The average molecular weight is 417 g/mol. The Labute approximate surface area is 175 Å². The molecule has 4 rings (SSSR count). The largest absolute Gasteiger partial charge is 0.454 e. The number of nitrogens with one attached hydrogen (secondary N) is 1. The summed E-state index contributed by atoms with van der Waals surface area (Å²) < 4.78 is 16.4. The molecule has 1 amide bonds. The summed E-state index contributed by atoms with van der Waals surface area (Å²) in [6.45, 7) is 7.58. The van der Waals surface area contributed by atoms with E-state index in [2.05, 4.69) is 48.3 Å². The lowest BCUT2D eigenvalue weighted by molar-refractivity contribution is -0.0704. The van der Waals surface area contributed by atoms with Crippen LogP contribution in [-0.4, -0.2) is 42.9 Å². The Hall–Kier alpha value is -2.28. The number of benzene rings is 2. The molecule has 2 aromatic rings. The van der Waals surface area contributed by atoms with Crippen molar-refractivity contribution >= 4 is 17.5 Å². The van der Waals surface area contributed by atoms with Gasteiger partial charge in [0.1, 0.15) is 0 Å². The number of amides is 1. The fraction of sp³-hybridized carbons (Fsp3) is 0.409. The Morgan fingerprint density at radius 2 is 1.79 bits per heavy atom. The summed E-state index contributed by atoms with van der Waals surface area (Å²) in [5, 5.41) is 3.30. The number of carbonyl (C=O) groups is 1. The predicted molar refractivity (Wildman–Crippen MR) is 110 cm³/mol. The number of nitrogens with zero attached hydrogens (tertiary/aromatic N) is 1. The number of carbonyl (C=O) groups excluding carboxylic acids is 1. The first-order valence-electron chi connectivity index (χ1n) is 9.81. The van der Waals surface area contributed by atoms with Crippen LogP contribution in [-0.2, 0) is 17.8 Å².